The zero-order valence-electron chi connectivity index (χ0n) is 10.5. The van der Waals surface area contributed by atoms with Gasteiger partial charge in [0.15, 0.2) is 0 Å². The predicted molar refractivity (Wildman–Crippen MR) is 70.0 cm³/mol. The Bertz CT molecular complexity index is 514. The van der Waals surface area contributed by atoms with E-state index in [1.165, 1.54) is 12.8 Å². The lowest BCUT2D eigenvalue weighted by Crippen LogP contribution is -2.15. The van der Waals surface area contributed by atoms with E-state index in [4.69, 9.17) is 4.74 Å². The van der Waals surface area contributed by atoms with Gasteiger partial charge >= 0.3 is 0 Å². The minimum Gasteiger partial charge on any atom is -0.497 e. The molecule has 4 heteroatoms. The molecule has 0 bridgehead atoms. The van der Waals surface area contributed by atoms with Crippen molar-refractivity contribution in [1.29, 1.82) is 0 Å². The first-order chi connectivity index (χ1) is 8.85. The van der Waals surface area contributed by atoms with Gasteiger partial charge in [0, 0.05) is 24.5 Å². The van der Waals surface area contributed by atoms with Crippen molar-refractivity contribution in [2.24, 2.45) is 0 Å². The van der Waals surface area contributed by atoms with Gasteiger partial charge in [0.25, 0.3) is 0 Å². The molecule has 94 valence electrons. The smallest absolute Gasteiger partial charge is 0.119 e. The van der Waals surface area contributed by atoms with Gasteiger partial charge in [-0.1, -0.05) is 0 Å². The van der Waals surface area contributed by atoms with E-state index in [1.54, 1.807) is 7.11 Å². The number of hydrogen-bond acceptors (Lipinski definition) is 3. The van der Waals surface area contributed by atoms with Gasteiger partial charge in [-0.2, -0.15) is 0 Å². The van der Waals surface area contributed by atoms with Crippen LogP contribution in [-0.2, 0) is 6.54 Å². The summed E-state index contributed by atoms with van der Waals surface area (Å²) in [5, 5.41) is 3.46. The Hall–Kier alpha value is -1.81. The molecule has 1 aliphatic carbocycles. The van der Waals surface area contributed by atoms with Crippen LogP contribution < -0.4 is 10.1 Å². The molecule has 4 nitrogen and oxygen atoms in total. The first kappa shape index (κ1) is 11.3. The van der Waals surface area contributed by atoms with E-state index < -0.39 is 0 Å². The largest absolute Gasteiger partial charge is 0.497 e. The molecule has 0 aliphatic heterocycles. The summed E-state index contributed by atoms with van der Waals surface area (Å²) < 4.78 is 7.18. The standard InChI is InChI=1S/C14H17N3O/c1-18-14-6-4-13(5-7-14)17-9-12(16-10-17)8-15-11-2-3-11/h4-7,9-11,15H,2-3,8H2,1H3. The molecule has 1 fully saturated rings. The van der Waals surface area contributed by atoms with E-state index in [2.05, 4.69) is 16.5 Å². The Morgan fingerprint density at radius 3 is 2.78 bits per heavy atom. The quantitative estimate of drug-likeness (QED) is 0.874. The summed E-state index contributed by atoms with van der Waals surface area (Å²) in [4.78, 5) is 4.40. The lowest BCUT2D eigenvalue weighted by molar-refractivity contribution is 0.415. The zero-order chi connectivity index (χ0) is 12.4. The molecule has 0 spiro atoms. The van der Waals surface area contributed by atoms with Crippen molar-refractivity contribution >= 4 is 0 Å². The van der Waals surface area contributed by atoms with Gasteiger partial charge < -0.3 is 14.6 Å². The summed E-state index contributed by atoms with van der Waals surface area (Å²) >= 11 is 0. The highest BCUT2D eigenvalue weighted by Gasteiger charge is 2.20. The Labute approximate surface area is 107 Å². The second-order valence-electron chi connectivity index (χ2n) is 4.63. The number of methoxy groups -OCH3 is 1. The van der Waals surface area contributed by atoms with Crippen LogP contribution in [0.2, 0.25) is 0 Å². The Morgan fingerprint density at radius 2 is 2.11 bits per heavy atom. The topological polar surface area (TPSA) is 39.1 Å². The molecule has 0 unspecified atom stereocenters. The third-order valence-corrected chi connectivity index (χ3v) is 3.16. The molecule has 1 saturated carbocycles. The van der Waals surface area contributed by atoms with Gasteiger partial charge in [-0.05, 0) is 37.1 Å². The number of nitrogens with zero attached hydrogens (tertiary/aromatic N) is 2. The fourth-order valence-electron chi connectivity index (χ4n) is 1.89. The van der Waals surface area contributed by atoms with Crippen molar-refractivity contribution in [2.45, 2.75) is 25.4 Å². The lowest BCUT2D eigenvalue weighted by atomic mass is 10.3. The molecule has 0 saturated heterocycles. The van der Waals surface area contributed by atoms with Crippen molar-refractivity contribution in [3.63, 3.8) is 0 Å². The average molecular weight is 243 g/mol. The third kappa shape index (κ3) is 2.54. The second kappa shape index (κ2) is 4.82. The minimum atomic E-state index is 0.719. The maximum absolute atomic E-state index is 5.15. The van der Waals surface area contributed by atoms with E-state index in [0.717, 1.165) is 29.7 Å². The van der Waals surface area contributed by atoms with E-state index in [0.29, 0.717) is 0 Å². The zero-order valence-corrected chi connectivity index (χ0v) is 10.5. The number of aromatic nitrogens is 2. The summed E-state index contributed by atoms with van der Waals surface area (Å²) in [6.07, 6.45) is 6.53. The fourth-order valence-corrected chi connectivity index (χ4v) is 1.89. The number of hydrogen-bond donors (Lipinski definition) is 1. The van der Waals surface area contributed by atoms with Crippen LogP contribution in [0.3, 0.4) is 0 Å². The molecule has 1 aromatic heterocycles. The Balaban J connectivity index is 1.70. The highest BCUT2D eigenvalue weighted by molar-refractivity contribution is 5.37. The number of ether oxygens (including phenoxy) is 1. The van der Waals surface area contributed by atoms with Gasteiger partial charge in [0.05, 0.1) is 19.1 Å². The second-order valence-corrected chi connectivity index (χ2v) is 4.63. The predicted octanol–water partition coefficient (Wildman–Crippen LogP) is 2.13. The number of rotatable bonds is 5. The van der Waals surface area contributed by atoms with Gasteiger partial charge in [-0.3, -0.25) is 0 Å². The van der Waals surface area contributed by atoms with Crippen LogP contribution in [0, 0.1) is 0 Å². The Morgan fingerprint density at radius 1 is 1.33 bits per heavy atom. The van der Waals surface area contributed by atoms with Crippen LogP contribution in [0.25, 0.3) is 5.69 Å². The number of imidazole rings is 1. The molecule has 1 N–H and O–H groups in total. The van der Waals surface area contributed by atoms with Crippen molar-refractivity contribution in [3.05, 3.63) is 42.5 Å². The maximum Gasteiger partial charge on any atom is 0.119 e. The fraction of sp³-hybridized carbons (Fsp3) is 0.357. The van der Waals surface area contributed by atoms with E-state index >= 15 is 0 Å². The van der Waals surface area contributed by atoms with Crippen molar-refractivity contribution in [3.8, 4) is 11.4 Å². The molecular formula is C14H17N3O. The van der Waals surface area contributed by atoms with Crippen molar-refractivity contribution in [2.75, 3.05) is 7.11 Å². The molecule has 3 rings (SSSR count). The van der Waals surface area contributed by atoms with E-state index in [9.17, 15) is 0 Å². The molecule has 1 aromatic carbocycles. The van der Waals surface area contributed by atoms with Crippen molar-refractivity contribution in [1.82, 2.24) is 14.9 Å². The monoisotopic (exact) mass is 243 g/mol. The van der Waals surface area contributed by atoms with Crippen molar-refractivity contribution < 1.29 is 4.74 Å². The van der Waals surface area contributed by atoms with Crippen LogP contribution >= 0.6 is 0 Å². The van der Waals surface area contributed by atoms with Crippen LogP contribution in [-0.4, -0.2) is 22.7 Å². The number of benzene rings is 1. The van der Waals surface area contributed by atoms with Gasteiger partial charge in [0.1, 0.15) is 5.75 Å². The number of nitrogens with one attached hydrogen (secondary N) is 1. The van der Waals surface area contributed by atoms with Gasteiger partial charge in [0.2, 0.25) is 0 Å². The van der Waals surface area contributed by atoms with Crippen LogP contribution in [0.5, 0.6) is 5.75 Å². The first-order valence-electron chi connectivity index (χ1n) is 6.26. The molecule has 0 atom stereocenters. The first-order valence-corrected chi connectivity index (χ1v) is 6.26. The molecule has 0 radical (unpaired) electrons. The summed E-state index contributed by atoms with van der Waals surface area (Å²) in [5.41, 5.74) is 2.18. The van der Waals surface area contributed by atoms with Crippen LogP contribution in [0.15, 0.2) is 36.8 Å². The van der Waals surface area contributed by atoms with Gasteiger partial charge in [-0.25, -0.2) is 4.98 Å². The minimum absolute atomic E-state index is 0.719. The molecular weight excluding hydrogens is 226 g/mol. The Kier molecular flexibility index (Phi) is 3.02. The van der Waals surface area contributed by atoms with Gasteiger partial charge in [-0.15, -0.1) is 0 Å². The third-order valence-electron chi connectivity index (χ3n) is 3.16. The summed E-state index contributed by atoms with van der Waals surface area (Å²) in [7, 11) is 1.67. The molecule has 1 aliphatic rings. The van der Waals surface area contributed by atoms with E-state index in [-0.39, 0.29) is 0 Å². The normalized spacial score (nSPS) is 14.7. The lowest BCUT2D eigenvalue weighted by Gasteiger charge is -2.03. The molecule has 1 heterocycles. The van der Waals surface area contributed by atoms with Crippen LogP contribution in [0.4, 0.5) is 0 Å². The highest BCUT2D eigenvalue weighted by Crippen LogP contribution is 2.19. The van der Waals surface area contributed by atoms with E-state index in [1.807, 2.05) is 35.2 Å². The molecule has 2 aromatic rings. The average Bonchev–Trinajstić information content (AvgIpc) is 3.14. The maximum atomic E-state index is 5.15. The summed E-state index contributed by atoms with van der Waals surface area (Å²) in [6.45, 7) is 0.855. The summed E-state index contributed by atoms with van der Waals surface area (Å²) in [5.74, 6) is 0.870. The summed E-state index contributed by atoms with van der Waals surface area (Å²) in [6, 6.07) is 8.68. The van der Waals surface area contributed by atoms with Crippen LogP contribution in [0.1, 0.15) is 18.5 Å². The highest BCUT2D eigenvalue weighted by atomic mass is 16.5. The molecule has 0 amide bonds. The SMILES string of the molecule is COc1ccc(-n2cnc(CNC3CC3)c2)cc1. The molecule has 18 heavy (non-hydrogen) atoms.